The van der Waals surface area contributed by atoms with Gasteiger partial charge in [0, 0.05) is 18.7 Å². The Labute approximate surface area is 142 Å². The van der Waals surface area contributed by atoms with Crippen molar-refractivity contribution in [3.8, 4) is 0 Å². The van der Waals surface area contributed by atoms with Gasteiger partial charge in [0.1, 0.15) is 0 Å². The monoisotopic (exact) mass is 328 g/mol. The molecule has 1 aliphatic carbocycles. The molecule has 1 aliphatic heterocycles. The number of fused-ring (bicyclic) bond motifs is 1. The molecule has 0 bridgehead atoms. The predicted octanol–water partition coefficient (Wildman–Crippen LogP) is 2.81. The zero-order valence-corrected chi connectivity index (χ0v) is 14.3. The number of likely N-dealkylation sites (tertiary alicyclic amines) is 1. The van der Waals surface area contributed by atoms with E-state index in [2.05, 4.69) is 5.32 Å². The van der Waals surface area contributed by atoms with E-state index < -0.39 is 0 Å². The number of hydrogen-bond donors (Lipinski definition) is 1. The first-order valence-corrected chi connectivity index (χ1v) is 8.69. The fourth-order valence-electron chi connectivity index (χ4n) is 3.75. The van der Waals surface area contributed by atoms with Crippen LogP contribution in [0.1, 0.15) is 43.2 Å². The average Bonchev–Trinajstić information content (AvgIpc) is 2.81. The zero-order valence-electron chi connectivity index (χ0n) is 14.3. The molecule has 2 atom stereocenters. The van der Waals surface area contributed by atoms with Gasteiger partial charge in [0.15, 0.2) is 0 Å². The zero-order chi connectivity index (χ0) is 17.3. The molecule has 128 valence electrons. The van der Waals surface area contributed by atoms with Crippen molar-refractivity contribution in [1.29, 1.82) is 0 Å². The lowest BCUT2D eigenvalue weighted by molar-refractivity contribution is -0.140. The molecule has 5 nitrogen and oxygen atoms in total. The highest BCUT2D eigenvalue weighted by molar-refractivity contribution is 6.05. The number of anilines is 1. The molecule has 5 heteroatoms. The van der Waals surface area contributed by atoms with Crippen LogP contribution in [0.3, 0.4) is 0 Å². The van der Waals surface area contributed by atoms with Crippen LogP contribution in [0.5, 0.6) is 0 Å². The normalized spacial score (nSPS) is 23.3. The minimum atomic E-state index is -0.167. The number of carbonyl (C=O) groups is 3. The number of aryl methyl sites for hydroxylation is 2. The smallest absolute Gasteiger partial charge is 0.233 e. The highest BCUT2D eigenvalue weighted by Crippen LogP contribution is 2.37. The Morgan fingerprint density at radius 1 is 1.12 bits per heavy atom. The van der Waals surface area contributed by atoms with Gasteiger partial charge in [0.05, 0.1) is 11.8 Å². The number of benzene rings is 1. The minimum absolute atomic E-state index is 0.0794. The summed E-state index contributed by atoms with van der Waals surface area (Å²) < 4.78 is 0. The second kappa shape index (κ2) is 6.75. The number of amides is 3. The summed E-state index contributed by atoms with van der Waals surface area (Å²) in [5.74, 6) is -0.616. The molecule has 1 heterocycles. The van der Waals surface area contributed by atoms with Gasteiger partial charge in [-0.1, -0.05) is 25.0 Å². The highest BCUT2D eigenvalue weighted by Gasteiger charge is 2.47. The van der Waals surface area contributed by atoms with Crippen molar-refractivity contribution in [2.75, 3.05) is 11.9 Å². The van der Waals surface area contributed by atoms with Crippen LogP contribution in [0.2, 0.25) is 0 Å². The highest BCUT2D eigenvalue weighted by atomic mass is 16.2. The van der Waals surface area contributed by atoms with Crippen LogP contribution in [0.15, 0.2) is 18.2 Å². The standard InChI is InChI=1S/C19H24N2O3/c1-12-7-8-13(2)16(11-12)20-17(22)9-10-21-18(23)14-5-3-4-6-15(14)19(21)24/h7-8,11,14-15H,3-6,9-10H2,1-2H3,(H,20,22)/t14-,15-/m1/s1. The van der Waals surface area contributed by atoms with Gasteiger partial charge in [0.25, 0.3) is 0 Å². The Balaban J connectivity index is 1.59. The van der Waals surface area contributed by atoms with E-state index in [1.807, 2.05) is 32.0 Å². The summed E-state index contributed by atoms with van der Waals surface area (Å²) in [5, 5.41) is 2.88. The van der Waals surface area contributed by atoms with Crippen LogP contribution in [0, 0.1) is 25.7 Å². The van der Waals surface area contributed by atoms with Crippen molar-refractivity contribution < 1.29 is 14.4 Å². The molecule has 3 rings (SSSR count). The van der Waals surface area contributed by atoms with Crippen molar-refractivity contribution >= 4 is 23.4 Å². The van der Waals surface area contributed by atoms with Crippen molar-refractivity contribution in [1.82, 2.24) is 4.90 Å². The van der Waals surface area contributed by atoms with E-state index in [9.17, 15) is 14.4 Å². The fraction of sp³-hybridized carbons (Fsp3) is 0.526. The van der Waals surface area contributed by atoms with Crippen LogP contribution in [-0.4, -0.2) is 29.2 Å². The molecule has 2 aliphatic rings. The van der Waals surface area contributed by atoms with Crippen LogP contribution < -0.4 is 5.32 Å². The quantitative estimate of drug-likeness (QED) is 0.864. The number of hydrogen-bond acceptors (Lipinski definition) is 3. The molecule has 1 N–H and O–H groups in total. The summed E-state index contributed by atoms with van der Waals surface area (Å²) in [7, 11) is 0. The third-order valence-corrected chi connectivity index (χ3v) is 5.16. The number of imide groups is 1. The van der Waals surface area contributed by atoms with E-state index in [0.717, 1.165) is 42.5 Å². The van der Waals surface area contributed by atoms with Crippen LogP contribution in [-0.2, 0) is 14.4 Å². The first-order valence-electron chi connectivity index (χ1n) is 8.69. The van der Waals surface area contributed by atoms with E-state index in [1.165, 1.54) is 4.90 Å². The minimum Gasteiger partial charge on any atom is -0.326 e. The van der Waals surface area contributed by atoms with Crippen LogP contribution >= 0.6 is 0 Å². The Morgan fingerprint density at radius 3 is 2.38 bits per heavy atom. The van der Waals surface area contributed by atoms with Gasteiger partial charge in [-0.15, -0.1) is 0 Å². The molecule has 3 amide bonds. The maximum absolute atomic E-state index is 12.4. The van der Waals surface area contributed by atoms with E-state index in [1.54, 1.807) is 0 Å². The largest absolute Gasteiger partial charge is 0.326 e. The predicted molar refractivity (Wildman–Crippen MR) is 91.3 cm³/mol. The number of nitrogens with one attached hydrogen (secondary N) is 1. The molecule has 1 saturated heterocycles. The molecule has 0 unspecified atom stereocenters. The first kappa shape index (κ1) is 16.7. The van der Waals surface area contributed by atoms with E-state index >= 15 is 0 Å². The average molecular weight is 328 g/mol. The Bertz CT molecular complexity index is 659. The van der Waals surface area contributed by atoms with Gasteiger partial charge in [-0.3, -0.25) is 19.3 Å². The molecule has 2 fully saturated rings. The summed E-state index contributed by atoms with van der Waals surface area (Å²) >= 11 is 0. The lowest BCUT2D eigenvalue weighted by Crippen LogP contribution is -2.34. The van der Waals surface area contributed by atoms with Crippen molar-refractivity contribution in [3.05, 3.63) is 29.3 Å². The number of rotatable bonds is 4. The molecule has 24 heavy (non-hydrogen) atoms. The van der Waals surface area contributed by atoms with Gasteiger partial charge in [-0.25, -0.2) is 0 Å². The summed E-state index contributed by atoms with van der Waals surface area (Å²) in [6, 6.07) is 5.88. The van der Waals surface area contributed by atoms with Crippen LogP contribution in [0.25, 0.3) is 0 Å². The summed E-state index contributed by atoms with van der Waals surface area (Å²) in [4.78, 5) is 38.3. The van der Waals surface area contributed by atoms with Gasteiger partial charge < -0.3 is 5.32 Å². The Kier molecular flexibility index (Phi) is 4.69. The van der Waals surface area contributed by atoms with Gasteiger partial charge in [-0.05, 0) is 43.9 Å². The van der Waals surface area contributed by atoms with E-state index in [0.29, 0.717) is 0 Å². The van der Waals surface area contributed by atoms with Gasteiger partial charge in [-0.2, -0.15) is 0 Å². The molecular weight excluding hydrogens is 304 g/mol. The second-order valence-corrected chi connectivity index (χ2v) is 6.94. The van der Waals surface area contributed by atoms with Crippen molar-refractivity contribution in [2.24, 2.45) is 11.8 Å². The molecule has 0 radical (unpaired) electrons. The molecule has 1 aromatic carbocycles. The van der Waals surface area contributed by atoms with Crippen molar-refractivity contribution in [2.45, 2.75) is 46.0 Å². The first-order chi connectivity index (χ1) is 11.5. The fourth-order valence-corrected chi connectivity index (χ4v) is 3.75. The molecular formula is C19H24N2O3. The number of carbonyl (C=O) groups excluding carboxylic acids is 3. The van der Waals surface area contributed by atoms with Gasteiger partial charge >= 0.3 is 0 Å². The molecule has 0 spiro atoms. The second-order valence-electron chi connectivity index (χ2n) is 6.94. The SMILES string of the molecule is Cc1ccc(C)c(NC(=O)CCN2C(=O)[C@@H]3CCCC[C@H]3C2=O)c1. The summed E-state index contributed by atoms with van der Waals surface area (Å²) in [6.45, 7) is 4.09. The van der Waals surface area contributed by atoms with E-state index in [-0.39, 0.29) is 42.5 Å². The summed E-state index contributed by atoms with van der Waals surface area (Å²) in [5.41, 5.74) is 2.85. The third kappa shape index (κ3) is 3.21. The van der Waals surface area contributed by atoms with Crippen LogP contribution in [0.4, 0.5) is 5.69 Å². The topological polar surface area (TPSA) is 66.5 Å². The Morgan fingerprint density at radius 2 is 1.75 bits per heavy atom. The molecule has 1 aromatic rings. The lowest BCUT2D eigenvalue weighted by Gasteiger charge is -2.19. The summed E-state index contributed by atoms with van der Waals surface area (Å²) in [6.07, 6.45) is 3.79. The molecule has 0 aromatic heterocycles. The molecule has 1 saturated carbocycles. The van der Waals surface area contributed by atoms with Crippen molar-refractivity contribution in [3.63, 3.8) is 0 Å². The van der Waals surface area contributed by atoms with Gasteiger partial charge in [0.2, 0.25) is 17.7 Å². The van der Waals surface area contributed by atoms with E-state index in [4.69, 9.17) is 0 Å². The maximum atomic E-state index is 12.4. The third-order valence-electron chi connectivity index (χ3n) is 5.16. The maximum Gasteiger partial charge on any atom is 0.233 e. The number of nitrogens with zero attached hydrogens (tertiary/aromatic N) is 1. The Hall–Kier alpha value is -2.17. The lowest BCUT2D eigenvalue weighted by atomic mass is 9.81.